The molecule has 1 atom stereocenters. The van der Waals surface area contributed by atoms with Crippen LogP contribution >= 0.6 is 22.4 Å². The van der Waals surface area contributed by atoms with Crippen LogP contribution in [0, 0.1) is 0 Å². The quantitative estimate of drug-likeness (QED) is 0.172. The third kappa shape index (κ3) is 7.66. The molecule has 0 fully saturated rings. The summed E-state index contributed by atoms with van der Waals surface area (Å²) in [6, 6.07) is 13.8. The molecule has 0 aromatic heterocycles. The van der Waals surface area contributed by atoms with E-state index in [2.05, 4.69) is 137 Å². The second-order valence-corrected chi connectivity index (χ2v) is 16.3. The third-order valence-electron chi connectivity index (χ3n) is 7.44. The Hall–Kier alpha value is -1.74. The molecule has 0 spiro atoms. The minimum absolute atomic E-state index is 0.451. The highest BCUT2D eigenvalue weighted by molar-refractivity contribution is 9.38. The number of alkyl halides is 3. The summed E-state index contributed by atoms with van der Waals surface area (Å²) in [6.45, 7) is 24.5. The Labute approximate surface area is 259 Å². The molecule has 2 aromatic carbocycles. The van der Waals surface area contributed by atoms with E-state index in [4.69, 9.17) is 13.0 Å². The number of anilines is 1. The summed E-state index contributed by atoms with van der Waals surface area (Å²) in [4.78, 5) is 0. The van der Waals surface area contributed by atoms with E-state index >= 15 is 0 Å². The van der Waals surface area contributed by atoms with Gasteiger partial charge in [-0.1, -0.05) is 91.8 Å². The van der Waals surface area contributed by atoms with Crippen molar-refractivity contribution in [3.05, 3.63) is 69.9 Å². The van der Waals surface area contributed by atoms with E-state index in [0.717, 1.165) is 0 Å². The molecule has 0 unspecified atom stereocenters. The van der Waals surface area contributed by atoms with E-state index in [1.807, 2.05) is 0 Å². The van der Waals surface area contributed by atoms with Crippen molar-refractivity contribution in [2.24, 2.45) is 0 Å². The zero-order valence-corrected chi connectivity index (χ0v) is 29.6. The summed E-state index contributed by atoms with van der Waals surface area (Å²) >= 11 is 4.30. The second kappa shape index (κ2) is 13.9. The Kier molecular flexibility index (Phi) is 12.1. The first kappa shape index (κ1) is 36.5. The van der Waals surface area contributed by atoms with Gasteiger partial charge in [0.25, 0.3) is 0 Å². The first-order chi connectivity index (χ1) is 19.1. The summed E-state index contributed by atoms with van der Waals surface area (Å²) in [6.07, 6.45) is 0. The highest BCUT2D eigenvalue weighted by Crippen LogP contribution is 2.62. The van der Waals surface area contributed by atoms with Crippen LogP contribution in [0.2, 0.25) is 0 Å². The van der Waals surface area contributed by atoms with Crippen molar-refractivity contribution < 1.29 is 30.5 Å². The minimum Gasteiger partial charge on any atom is -0.741 e. The third-order valence-corrected chi connectivity index (χ3v) is 11.6. The van der Waals surface area contributed by atoms with Crippen LogP contribution in [0.15, 0.2) is 47.7 Å². The van der Waals surface area contributed by atoms with Crippen molar-refractivity contribution in [2.45, 2.75) is 105 Å². The summed E-state index contributed by atoms with van der Waals surface area (Å²) in [7, 11) is -6.09. The molecule has 11 heteroatoms. The van der Waals surface area contributed by atoms with Crippen LogP contribution in [0.1, 0.15) is 122 Å². The van der Waals surface area contributed by atoms with Gasteiger partial charge in [0.05, 0.1) is 5.69 Å². The molecule has 5 nitrogen and oxygen atoms in total. The van der Waals surface area contributed by atoms with E-state index in [1.165, 1.54) is 50.6 Å². The molecule has 1 aliphatic heterocycles. The standard InChI is InChI=1S/C30H43BrN2P.CHF3O3S/c1-18(2)25-14-12-15-26(19(3)4)29(25)32-23(10)22(9)24(11)33(34(32)31)30-27(20(5)6)16-13-17-28(30)21(7)8;2-1(3,4)8(5,6)7/h12-21H,1-11H3;(H,5,6,7)/q+1;/p-1. The molecule has 0 N–H and O–H groups in total. The fourth-order valence-corrected chi connectivity index (χ4v) is 9.07. The molecule has 2 aromatic rings. The van der Waals surface area contributed by atoms with Crippen molar-refractivity contribution in [1.29, 1.82) is 0 Å². The van der Waals surface area contributed by atoms with Gasteiger partial charge in [-0.05, 0) is 48.6 Å². The monoisotopic (exact) mass is 690 g/mol. The van der Waals surface area contributed by atoms with Crippen LogP contribution in [0.25, 0.3) is 0 Å². The number of hydrogen-bond donors (Lipinski definition) is 0. The summed E-state index contributed by atoms with van der Waals surface area (Å²) in [5.74, 6) is 1.80. The zero-order chi connectivity index (χ0) is 32.5. The van der Waals surface area contributed by atoms with Crippen molar-refractivity contribution in [1.82, 2.24) is 0 Å². The van der Waals surface area contributed by atoms with Crippen molar-refractivity contribution in [2.75, 3.05) is 4.67 Å². The van der Waals surface area contributed by atoms with Crippen molar-refractivity contribution >= 4 is 49.6 Å². The van der Waals surface area contributed by atoms with E-state index in [0.29, 0.717) is 23.7 Å². The summed E-state index contributed by atoms with van der Waals surface area (Å²) in [5, 5.41) is 0. The number of benzene rings is 2. The van der Waals surface area contributed by atoms with Gasteiger partial charge in [0, 0.05) is 44.8 Å². The van der Waals surface area contributed by atoms with Gasteiger partial charge in [-0.2, -0.15) is 17.5 Å². The minimum atomic E-state index is -6.09. The molecule has 3 rings (SSSR count). The van der Waals surface area contributed by atoms with Crippen LogP contribution in [0.5, 0.6) is 0 Å². The number of allylic oxidation sites excluding steroid dienone is 2. The molecular formula is C31H43BrF3N2O3PS. The van der Waals surface area contributed by atoms with Gasteiger partial charge in [0.15, 0.2) is 15.8 Å². The van der Waals surface area contributed by atoms with Gasteiger partial charge < -0.3 is 4.55 Å². The second-order valence-electron chi connectivity index (χ2n) is 11.7. The average Bonchev–Trinajstić information content (AvgIpc) is 2.86. The lowest BCUT2D eigenvalue weighted by Gasteiger charge is -2.36. The zero-order valence-electron chi connectivity index (χ0n) is 26.3. The molecule has 1 aliphatic rings. The predicted molar refractivity (Wildman–Crippen MR) is 172 cm³/mol. The maximum atomic E-state index is 10.7. The molecule has 0 saturated heterocycles. The first-order valence-electron chi connectivity index (χ1n) is 14.0. The van der Waals surface area contributed by atoms with Gasteiger partial charge in [-0.3, -0.25) is 4.67 Å². The molecule has 0 radical (unpaired) electrons. The van der Waals surface area contributed by atoms with Crippen LogP contribution in [0.4, 0.5) is 24.5 Å². The predicted octanol–water partition coefficient (Wildman–Crippen LogP) is 10.8. The fourth-order valence-electron chi connectivity index (χ4n) is 4.93. The maximum Gasteiger partial charge on any atom is 0.485 e. The topological polar surface area (TPSA) is 63.5 Å². The van der Waals surface area contributed by atoms with E-state index in [1.54, 1.807) is 0 Å². The smallest absolute Gasteiger partial charge is 0.485 e. The SMILES string of the molecule is CC1=C(C)N(c2c(C(C)C)cccc2C(C)C)[P@@](Br)[N+](c2c(C(C)C)cccc2C(C)C)=C1C.O=S(=O)([O-])C(F)(F)F. The molecular weight excluding hydrogens is 648 g/mol. The van der Waals surface area contributed by atoms with Gasteiger partial charge in [-0.25, -0.2) is 8.42 Å². The van der Waals surface area contributed by atoms with Gasteiger partial charge in [0.1, 0.15) is 0 Å². The molecule has 1 heterocycles. The van der Waals surface area contributed by atoms with Crippen molar-refractivity contribution in [3.8, 4) is 0 Å². The van der Waals surface area contributed by atoms with Crippen LogP contribution in [0.3, 0.4) is 0 Å². The number of para-hydroxylation sites is 2. The molecule has 234 valence electrons. The number of hydrogen-bond acceptors (Lipinski definition) is 4. The first-order valence-corrected chi connectivity index (χ1v) is 18.7. The van der Waals surface area contributed by atoms with Gasteiger partial charge in [0.2, 0.25) is 5.69 Å². The van der Waals surface area contributed by atoms with Crippen LogP contribution in [-0.2, 0) is 10.1 Å². The number of nitrogens with zero attached hydrogens (tertiary/aromatic N) is 2. The molecule has 0 aliphatic carbocycles. The number of halogens is 4. The summed E-state index contributed by atoms with van der Waals surface area (Å²) < 4.78 is 64.1. The van der Waals surface area contributed by atoms with Crippen LogP contribution in [-0.4, -0.2) is 28.5 Å². The molecule has 0 saturated carbocycles. The normalized spacial score (nSPS) is 16.7. The Morgan fingerprint density at radius 3 is 1.43 bits per heavy atom. The Bertz CT molecular complexity index is 1410. The highest BCUT2D eigenvalue weighted by atomic mass is 79.9. The van der Waals surface area contributed by atoms with Crippen LogP contribution < -0.4 is 4.67 Å². The lowest BCUT2D eigenvalue weighted by atomic mass is 9.92. The van der Waals surface area contributed by atoms with Crippen molar-refractivity contribution in [3.63, 3.8) is 0 Å². The Balaban J connectivity index is 0.000000675. The molecule has 0 bridgehead atoms. The van der Waals surface area contributed by atoms with E-state index in [-0.39, 0.29) is 0 Å². The van der Waals surface area contributed by atoms with Gasteiger partial charge >= 0.3 is 12.4 Å². The fraction of sp³-hybridized carbons (Fsp3) is 0.516. The average molecular weight is 692 g/mol. The Morgan fingerprint density at radius 2 is 1.12 bits per heavy atom. The lowest BCUT2D eigenvalue weighted by molar-refractivity contribution is -0.256. The van der Waals surface area contributed by atoms with E-state index < -0.39 is 22.6 Å². The Morgan fingerprint density at radius 1 is 0.786 bits per heavy atom. The molecule has 0 amide bonds. The lowest BCUT2D eigenvalue weighted by Crippen LogP contribution is -2.30. The highest BCUT2D eigenvalue weighted by Gasteiger charge is 2.43. The van der Waals surface area contributed by atoms with Gasteiger partial charge in [-0.15, -0.1) is 0 Å². The maximum absolute atomic E-state index is 10.7. The number of rotatable bonds is 6. The largest absolute Gasteiger partial charge is 0.741 e. The molecule has 42 heavy (non-hydrogen) atoms. The van der Waals surface area contributed by atoms with E-state index in [9.17, 15) is 13.2 Å². The summed E-state index contributed by atoms with van der Waals surface area (Å²) in [5.41, 5.74) is 6.87.